The van der Waals surface area contributed by atoms with Crippen molar-refractivity contribution in [3.63, 3.8) is 0 Å². The van der Waals surface area contributed by atoms with E-state index in [1.807, 2.05) is 12.2 Å². The zero-order chi connectivity index (χ0) is 18.0. The van der Waals surface area contributed by atoms with Gasteiger partial charge in [0.1, 0.15) is 12.2 Å². The molecule has 2 aromatic rings. The first kappa shape index (κ1) is 14.9. The Hall–Kier alpha value is -3.23. The van der Waals surface area contributed by atoms with Gasteiger partial charge in [0, 0.05) is 0 Å². The van der Waals surface area contributed by atoms with Gasteiger partial charge < -0.3 is 4.74 Å². The molecule has 4 aliphatic rings. The number of benzene rings is 2. The fourth-order valence-corrected chi connectivity index (χ4v) is 4.63. The van der Waals surface area contributed by atoms with E-state index < -0.39 is 0 Å². The van der Waals surface area contributed by atoms with E-state index in [4.69, 9.17) is 4.74 Å². The van der Waals surface area contributed by atoms with Gasteiger partial charge in [-0.3, -0.25) is 4.79 Å². The van der Waals surface area contributed by atoms with Crippen LogP contribution in [0.3, 0.4) is 0 Å². The summed E-state index contributed by atoms with van der Waals surface area (Å²) in [6.45, 7) is 0. The van der Waals surface area contributed by atoms with E-state index >= 15 is 0 Å². The average Bonchev–Trinajstić information content (AvgIpc) is 3.29. The minimum atomic E-state index is 0.0163. The molecule has 0 aromatic heterocycles. The molecule has 0 radical (unpaired) electrons. The lowest BCUT2D eigenvalue weighted by Gasteiger charge is -2.18. The normalized spacial score (nSPS) is 24.2. The van der Waals surface area contributed by atoms with Gasteiger partial charge in [0.05, 0.1) is 0 Å². The van der Waals surface area contributed by atoms with E-state index in [0.717, 1.165) is 5.57 Å². The highest BCUT2D eigenvalue weighted by atomic mass is 16.5. The van der Waals surface area contributed by atoms with Gasteiger partial charge in [-0.1, -0.05) is 72.8 Å². The van der Waals surface area contributed by atoms with E-state index in [1.54, 1.807) is 12.2 Å². The summed E-state index contributed by atoms with van der Waals surface area (Å²) in [5, 5.41) is 0. The third kappa shape index (κ3) is 2.02. The molecule has 0 fully saturated rings. The number of carbonyl (C=O) groups is 1. The van der Waals surface area contributed by atoms with Gasteiger partial charge in [0.2, 0.25) is 0 Å². The summed E-state index contributed by atoms with van der Waals surface area (Å²) in [6.07, 6.45) is 11.5. The topological polar surface area (TPSA) is 26.3 Å². The van der Waals surface area contributed by atoms with Crippen molar-refractivity contribution >= 4 is 22.5 Å². The van der Waals surface area contributed by atoms with Crippen molar-refractivity contribution in [3.05, 3.63) is 113 Å². The van der Waals surface area contributed by atoms with Crippen LogP contribution >= 0.6 is 0 Å². The van der Waals surface area contributed by atoms with Crippen LogP contribution in [0, 0.1) is 0 Å². The third-order valence-corrected chi connectivity index (χ3v) is 5.73. The van der Waals surface area contributed by atoms with E-state index in [2.05, 4.69) is 60.7 Å². The number of fused-ring (bicyclic) bond motifs is 8. The Kier molecular flexibility index (Phi) is 2.97. The highest BCUT2D eigenvalue weighted by Crippen LogP contribution is 2.51. The van der Waals surface area contributed by atoms with E-state index in [-0.39, 0.29) is 18.0 Å². The molecule has 2 atom stereocenters. The van der Waals surface area contributed by atoms with Crippen LogP contribution < -0.4 is 0 Å². The predicted molar refractivity (Wildman–Crippen MR) is 107 cm³/mol. The zero-order valence-corrected chi connectivity index (χ0v) is 14.6. The Morgan fingerprint density at radius 1 is 0.630 bits per heavy atom. The molecule has 0 saturated carbocycles. The largest absolute Gasteiger partial charge is 0.357 e. The molecule has 2 heterocycles. The lowest BCUT2D eigenvalue weighted by molar-refractivity contribution is -0.110. The van der Waals surface area contributed by atoms with Gasteiger partial charge in [-0.15, -0.1) is 0 Å². The molecule has 0 N–H and O–H groups in total. The standard InChI is InChI=1S/C25H16O2/c26-16-11-9-15(10-12-16)23-17-5-1-3-7-19(17)24-21-13-14-22(27-21)25(24)20-8-4-2-6-18(20)23/h1-14,21-22H/t21-,22+. The summed E-state index contributed by atoms with van der Waals surface area (Å²) in [7, 11) is 0. The molecule has 2 bridgehead atoms. The van der Waals surface area contributed by atoms with Crippen molar-refractivity contribution in [1.29, 1.82) is 0 Å². The quantitative estimate of drug-likeness (QED) is 0.643. The smallest absolute Gasteiger partial charge is 0.178 e. The molecule has 0 saturated heterocycles. The third-order valence-electron chi connectivity index (χ3n) is 5.73. The van der Waals surface area contributed by atoms with Crippen LogP contribution in [-0.2, 0) is 9.53 Å². The lowest BCUT2D eigenvalue weighted by Crippen LogP contribution is -2.06. The summed E-state index contributed by atoms with van der Waals surface area (Å²) in [4.78, 5) is 11.7. The second-order valence-electron chi connectivity index (χ2n) is 7.18. The van der Waals surface area contributed by atoms with Crippen LogP contribution in [0.1, 0.15) is 22.3 Å². The number of ketones is 1. The number of ether oxygens (including phenoxy) is 1. The molecule has 2 nitrogen and oxygen atoms in total. The average molecular weight is 348 g/mol. The zero-order valence-electron chi connectivity index (χ0n) is 14.6. The molecular weight excluding hydrogens is 332 g/mol. The first-order valence-electron chi connectivity index (χ1n) is 9.23. The Morgan fingerprint density at radius 3 is 1.63 bits per heavy atom. The van der Waals surface area contributed by atoms with Crippen LogP contribution in [0.25, 0.3) is 16.7 Å². The minimum absolute atomic E-state index is 0.0163. The number of hydrogen-bond acceptors (Lipinski definition) is 2. The fraction of sp³-hybridized carbons (Fsp3) is 0.0800. The molecule has 0 amide bonds. The second-order valence-corrected chi connectivity index (χ2v) is 7.18. The summed E-state index contributed by atoms with van der Waals surface area (Å²) in [6, 6.07) is 17.1. The maximum absolute atomic E-state index is 11.7. The molecule has 128 valence electrons. The lowest BCUT2D eigenvalue weighted by atomic mass is 9.87. The van der Waals surface area contributed by atoms with Crippen molar-refractivity contribution in [1.82, 2.24) is 0 Å². The van der Waals surface area contributed by atoms with Gasteiger partial charge >= 0.3 is 0 Å². The Labute approximate surface area is 157 Å². The molecule has 0 spiro atoms. The molecule has 27 heavy (non-hydrogen) atoms. The minimum Gasteiger partial charge on any atom is -0.357 e. The first-order valence-corrected chi connectivity index (χ1v) is 9.23. The van der Waals surface area contributed by atoms with Crippen LogP contribution in [-0.4, -0.2) is 18.0 Å². The fourth-order valence-electron chi connectivity index (χ4n) is 4.63. The monoisotopic (exact) mass is 348 g/mol. The van der Waals surface area contributed by atoms with Crippen molar-refractivity contribution in [2.24, 2.45) is 0 Å². The SMILES string of the molecule is O=C1C=CC(=C2c3ccccc3C3=C(c4ccccc42)[C@H]2C=C[C@@H]3O2)C=C1. The van der Waals surface area contributed by atoms with Gasteiger partial charge in [-0.2, -0.15) is 0 Å². The number of carbonyl (C=O) groups excluding carboxylic acids is 1. The van der Waals surface area contributed by atoms with Crippen molar-refractivity contribution in [3.8, 4) is 0 Å². The van der Waals surface area contributed by atoms with Crippen LogP contribution in [0.2, 0.25) is 0 Å². The van der Waals surface area contributed by atoms with Crippen LogP contribution in [0.5, 0.6) is 0 Å². The van der Waals surface area contributed by atoms with Crippen molar-refractivity contribution in [2.75, 3.05) is 0 Å². The molecule has 2 aromatic carbocycles. The summed E-state index contributed by atoms with van der Waals surface area (Å²) < 4.78 is 6.21. The second kappa shape index (κ2) is 5.38. The van der Waals surface area contributed by atoms with Gasteiger partial charge in [-0.05, 0) is 56.7 Å². The first-order chi connectivity index (χ1) is 13.3. The summed E-state index contributed by atoms with van der Waals surface area (Å²) in [5.41, 5.74) is 9.63. The summed E-state index contributed by atoms with van der Waals surface area (Å²) >= 11 is 0. The molecule has 0 unspecified atom stereocenters. The van der Waals surface area contributed by atoms with Crippen molar-refractivity contribution < 1.29 is 9.53 Å². The van der Waals surface area contributed by atoms with Gasteiger partial charge in [0.25, 0.3) is 0 Å². The maximum atomic E-state index is 11.7. The molecule has 2 aliphatic carbocycles. The summed E-state index contributed by atoms with van der Waals surface area (Å²) in [5.74, 6) is 0.0332. The molecule has 6 rings (SSSR count). The van der Waals surface area contributed by atoms with E-state index in [9.17, 15) is 4.79 Å². The molecule has 2 heteroatoms. The van der Waals surface area contributed by atoms with Crippen LogP contribution in [0.15, 0.2) is 90.6 Å². The van der Waals surface area contributed by atoms with Crippen LogP contribution in [0.4, 0.5) is 0 Å². The molecule has 2 aliphatic heterocycles. The van der Waals surface area contributed by atoms with Crippen molar-refractivity contribution in [2.45, 2.75) is 12.2 Å². The Morgan fingerprint density at radius 2 is 1.11 bits per heavy atom. The highest BCUT2D eigenvalue weighted by Gasteiger charge is 2.41. The van der Waals surface area contributed by atoms with Gasteiger partial charge in [0.15, 0.2) is 5.78 Å². The van der Waals surface area contributed by atoms with E-state index in [0.29, 0.717) is 0 Å². The number of rotatable bonds is 0. The Balaban J connectivity index is 1.75. The number of hydrogen-bond donors (Lipinski definition) is 0. The predicted octanol–water partition coefficient (Wildman–Crippen LogP) is 4.75. The number of allylic oxidation sites excluding steroid dienone is 5. The van der Waals surface area contributed by atoms with E-state index in [1.165, 1.54) is 39.0 Å². The maximum Gasteiger partial charge on any atom is 0.178 e. The van der Waals surface area contributed by atoms with Gasteiger partial charge in [-0.25, -0.2) is 0 Å². The highest BCUT2D eigenvalue weighted by molar-refractivity contribution is 6.10. The Bertz CT molecular complexity index is 1080. The molecular formula is C25H16O2.